The quantitative estimate of drug-likeness (QED) is 0.514. The van der Waals surface area contributed by atoms with Gasteiger partial charge in [-0.25, -0.2) is 9.37 Å². The van der Waals surface area contributed by atoms with E-state index in [2.05, 4.69) is 61.5 Å². The number of H-pyrrole nitrogens is 1. The highest BCUT2D eigenvalue weighted by atomic mass is 19.1. The van der Waals surface area contributed by atoms with E-state index < -0.39 is 5.82 Å². The van der Waals surface area contributed by atoms with E-state index in [9.17, 15) is 9.18 Å². The van der Waals surface area contributed by atoms with Gasteiger partial charge in [0.1, 0.15) is 11.2 Å². The van der Waals surface area contributed by atoms with Gasteiger partial charge in [-0.05, 0) is 45.1 Å². The molecule has 0 aliphatic carbocycles. The minimum Gasteiger partial charge on any atom is -0.342 e. The van der Waals surface area contributed by atoms with Gasteiger partial charge >= 0.3 is 0 Å². The maximum absolute atomic E-state index is 13.2. The van der Waals surface area contributed by atoms with Crippen LogP contribution in [0, 0.1) is 12.7 Å². The van der Waals surface area contributed by atoms with Crippen LogP contribution in [0.5, 0.6) is 0 Å². The number of pyridine rings is 1. The monoisotopic (exact) mass is 435 g/mol. The molecule has 0 saturated carbocycles. The molecule has 0 bridgehead atoms. The van der Waals surface area contributed by atoms with Crippen molar-refractivity contribution in [2.75, 3.05) is 32.1 Å². The summed E-state index contributed by atoms with van der Waals surface area (Å²) in [5.74, 6) is 0.876. The van der Waals surface area contributed by atoms with Crippen LogP contribution in [0.1, 0.15) is 23.5 Å². The Balaban J connectivity index is 0.000000775. The van der Waals surface area contributed by atoms with Gasteiger partial charge in [0, 0.05) is 19.0 Å². The third-order valence-corrected chi connectivity index (χ3v) is 5.39. The predicted molar refractivity (Wildman–Crippen MR) is 123 cm³/mol. The summed E-state index contributed by atoms with van der Waals surface area (Å²) in [6, 6.07) is 11.4. The molecule has 5 rings (SSSR count). The molecule has 0 amide bonds. The number of nitrogens with zero attached hydrogens (tertiary/aromatic N) is 5. The number of nitrogens with one attached hydrogen (secondary N) is 2. The molecule has 1 aromatic carbocycles. The SMILES string of the molecule is CNC.Cc1ccc(C2CCN(c3nc4c(cnn4-c4ccc(F)cn4)c(=O)[nH]3)C2)cc1. The van der Waals surface area contributed by atoms with E-state index >= 15 is 0 Å². The lowest BCUT2D eigenvalue weighted by Gasteiger charge is -2.17. The Kier molecular flexibility index (Phi) is 6.27. The van der Waals surface area contributed by atoms with Crippen molar-refractivity contribution in [2.45, 2.75) is 19.3 Å². The fourth-order valence-electron chi connectivity index (χ4n) is 3.78. The highest BCUT2D eigenvalue weighted by Gasteiger charge is 2.26. The van der Waals surface area contributed by atoms with Crippen LogP contribution >= 0.6 is 0 Å². The van der Waals surface area contributed by atoms with Gasteiger partial charge in [0.2, 0.25) is 5.95 Å². The number of hydrogen-bond acceptors (Lipinski definition) is 6. The topological polar surface area (TPSA) is 91.7 Å². The molecule has 1 saturated heterocycles. The van der Waals surface area contributed by atoms with E-state index in [0.717, 1.165) is 25.7 Å². The minimum atomic E-state index is -0.434. The Morgan fingerprint density at radius 2 is 1.88 bits per heavy atom. The van der Waals surface area contributed by atoms with Gasteiger partial charge < -0.3 is 10.2 Å². The molecular weight excluding hydrogens is 409 g/mol. The molecule has 9 heteroatoms. The predicted octanol–water partition coefficient (Wildman–Crippen LogP) is 2.78. The van der Waals surface area contributed by atoms with Crippen molar-refractivity contribution < 1.29 is 4.39 Å². The first kappa shape index (κ1) is 21.6. The van der Waals surface area contributed by atoms with Crippen LogP contribution in [-0.2, 0) is 0 Å². The van der Waals surface area contributed by atoms with Crippen molar-refractivity contribution in [3.63, 3.8) is 0 Å². The van der Waals surface area contributed by atoms with Crippen LogP contribution in [0.3, 0.4) is 0 Å². The van der Waals surface area contributed by atoms with Crippen molar-refractivity contribution in [1.82, 2.24) is 30.0 Å². The minimum absolute atomic E-state index is 0.253. The molecule has 32 heavy (non-hydrogen) atoms. The number of aryl methyl sites for hydroxylation is 1. The lowest BCUT2D eigenvalue weighted by atomic mass is 9.98. The Morgan fingerprint density at radius 3 is 2.56 bits per heavy atom. The van der Waals surface area contributed by atoms with E-state index in [1.54, 1.807) is 0 Å². The van der Waals surface area contributed by atoms with E-state index in [-0.39, 0.29) is 5.56 Å². The summed E-state index contributed by atoms with van der Waals surface area (Å²) >= 11 is 0. The zero-order valence-corrected chi connectivity index (χ0v) is 18.3. The van der Waals surface area contributed by atoms with Crippen molar-refractivity contribution in [2.24, 2.45) is 0 Å². The number of fused-ring (bicyclic) bond motifs is 1. The molecule has 1 aliphatic heterocycles. The molecule has 1 atom stereocenters. The van der Waals surface area contributed by atoms with E-state index in [1.165, 1.54) is 34.1 Å². The molecule has 4 heterocycles. The number of hydrogen-bond donors (Lipinski definition) is 2. The van der Waals surface area contributed by atoms with Crippen molar-refractivity contribution in [3.8, 4) is 5.82 Å². The average Bonchev–Trinajstić information content (AvgIpc) is 3.43. The first-order valence-corrected chi connectivity index (χ1v) is 10.5. The molecule has 0 radical (unpaired) electrons. The highest BCUT2D eigenvalue weighted by molar-refractivity contribution is 5.76. The molecule has 8 nitrogen and oxygen atoms in total. The zero-order valence-electron chi connectivity index (χ0n) is 18.3. The molecule has 2 N–H and O–H groups in total. The fourth-order valence-corrected chi connectivity index (χ4v) is 3.78. The molecule has 1 fully saturated rings. The smallest absolute Gasteiger partial charge is 0.263 e. The molecule has 4 aromatic rings. The average molecular weight is 436 g/mol. The summed E-state index contributed by atoms with van der Waals surface area (Å²) in [5, 5.41) is 7.34. The largest absolute Gasteiger partial charge is 0.342 e. The number of aromatic amines is 1. The second-order valence-electron chi connectivity index (χ2n) is 7.86. The van der Waals surface area contributed by atoms with Crippen LogP contribution in [0.2, 0.25) is 0 Å². The lowest BCUT2D eigenvalue weighted by Crippen LogP contribution is -2.25. The summed E-state index contributed by atoms with van der Waals surface area (Å²) in [7, 11) is 3.75. The van der Waals surface area contributed by atoms with Crippen LogP contribution in [-0.4, -0.2) is 51.9 Å². The highest BCUT2D eigenvalue weighted by Crippen LogP contribution is 2.29. The van der Waals surface area contributed by atoms with Gasteiger partial charge in [0.05, 0.1) is 12.4 Å². The van der Waals surface area contributed by atoms with Gasteiger partial charge in [-0.1, -0.05) is 29.8 Å². The fraction of sp³-hybridized carbons (Fsp3) is 0.304. The Bertz CT molecular complexity index is 1250. The number of anilines is 1. The normalized spacial score (nSPS) is 15.6. The van der Waals surface area contributed by atoms with Gasteiger partial charge in [0.25, 0.3) is 5.56 Å². The van der Waals surface area contributed by atoms with Crippen molar-refractivity contribution in [1.29, 1.82) is 0 Å². The van der Waals surface area contributed by atoms with Gasteiger partial charge in [-0.3, -0.25) is 9.78 Å². The summed E-state index contributed by atoms with van der Waals surface area (Å²) < 4.78 is 14.7. The second-order valence-corrected chi connectivity index (χ2v) is 7.86. The Morgan fingerprint density at radius 1 is 1.12 bits per heavy atom. The van der Waals surface area contributed by atoms with Crippen LogP contribution in [0.15, 0.2) is 53.6 Å². The summed E-state index contributed by atoms with van der Waals surface area (Å²) in [4.78, 5) is 26.2. The molecule has 3 aromatic heterocycles. The molecular formula is C23H26FN7O. The van der Waals surface area contributed by atoms with Gasteiger partial charge in [0.15, 0.2) is 11.5 Å². The number of aromatic nitrogens is 5. The second kappa shape index (κ2) is 9.27. The standard InChI is InChI=1S/C21H19FN6O.C2H7N/c1-13-2-4-14(5-3-13)15-8-9-27(12-15)21-25-19-17(20(29)26-21)11-24-28(19)18-7-6-16(22)10-23-18;1-3-2/h2-7,10-11,15H,8-9,12H2,1H3,(H,25,26,29);3H,1-2H3. The lowest BCUT2D eigenvalue weighted by molar-refractivity contribution is 0.619. The van der Waals surface area contributed by atoms with Gasteiger partial charge in [-0.15, -0.1) is 0 Å². The van der Waals surface area contributed by atoms with E-state index in [0.29, 0.717) is 28.7 Å². The van der Waals surface area contributed by atoms with Crippen molar-refractivity contribution >= 4 is 17.0 Å². The van der Waals surface area contributed by atoms with E-state index in [1.807, 2.05) is 14.1 Å². The molecule has 1 unspecified atom stereocenters. The summed E-state index contributed by atoms with van der Waals surface area (Å²) in [5.41, 5.74) is 2.68. The third kappa shape index (κ3) is 4.38. The third-order valence-electron chi connectivity index (χ3n) is 5.39. The molecule has 166 valence electrons. The first-order valence-electron chi connectivity index (χ1n) is 10.5. The maximum Gasteiger partial charge on any atom is 0.263 e. The first-order chi connectivity index (χ1) is 15.5. The number of benzene rings is 1. The zero-order chi connectivity index (χ0) is 22.7. The maximum atomic E-state index is 13.2. The Hall–Kier alpha value is -3.59. The van der Waals surface area contributed by atoms with Crippen molar-refractivity contribution in [3.05, 3.63) is 76.1 Å². The van der Waals surface area contributed by atoms with Crippen LogP contribution < -0.4 is 15.8 Å². The Labute approximate surface area is 185 Å². The molecule has 1 aliphatic rings. The summed E-state index contributed by atoms with van der Waals surface area (Å²) in [6.07, 6.45) is 3.56. The van der Waals surface area contributed by atoms with Gasteiger partial charge in [-0.2, -0.15) is 14.8 Å². The van der Waals surface area contributed by atoms with E-state index in [4.69, 9.17) is 0 Å². The molecule has 0 spiro atoms. The number of halogens is 1. The van der Waals surface area contributed by atoms with Crippen LogP contribution in [0.25, 0.3) is 16.9 Å². The number of rotatable bonds is 3. The summed E-state index contributed by atoms with van der Waals surface area (Å²) in [6.45, 7) is 3.66. The van der Waals surface area contributed by atoms with Crippen LogP contribution in [0.4, 0.5) is 10.3 Å².